The minimum Gasteiger partial charge on any atom is -0.497 e. The van der Waals surface area contributed by atoms with E-state index in [1.165, 1.54) is 0 Å². The molecule has 2 aromatic carbocycles. The van der Waals surface area contributed by atoms with Gasteiger partial charge in [-0.05, 0) is 42.8 Å². The average molecular weight is 301 g/mol. The van der Waals surface area contributed by atoms with Crippen molar-refractivity contribution in [1.29, 1.82) is 0 Å². The number of benzene rings is 2. The van der Waals surface area contributed by atoms with Crippen molar-refractivity contribution in [2.24, 2.45) is 0 Å². The molecule has 1 aromatic heterocycles. The number of nitrogens with zero attached hydrogens (tertiary/aromatic N) is 2. The summed E-state index contributed by atoms with van der Waals surface area (Å²) in [5.74, 6) is 2.40. The molecule has 0 unspecified atom stereocenters. The molecule has 3 aromatic rings. The Kier molecular flexibility index (Phi) is 3.84. The topological polar surface area (TPSA) is 27.1 Å². The van der Waals surface area contributed by atoms with Crippen molar-refractivity contribution in [3.05, 3.63) is 53.9 Å². The number of hydrogen-bond acceptors (Lipinski definition) is 2. The van der Waals surface area contributed by atoms with Gasteiger partial charge in [-0.3, -0.25) is 4.57 Å². The van der Waals surface area contributed by atoms with Gasteiger partial charge >= 0.3 is 0 Å². The van der Waals surface area contributed by atoms with Crippen molar-refractivity contribution in [2.45, 2.75) is 13.3 Å². The lowest BCUT2D eigenvalue weighted by molar-refractivity contribution is 0.414. The average Bonchev–Trinajstić information content (AvgIpc) is 2.85. The second kappa shape index (κ2) is 5.78. The van der Waals surface area contributed by atoms with E-state index in [1.807, 2.05) is 30.3 Å². The van der Waals surface area contributed by atoms with Gasteiger partial charge in [-0.2, -0.15) is 0 Å². The second-order valence-electron chi connectivity index (χ2n) is 4.94. The zero-order chi connectivity index (χ0) is 14.8. The molecular weight excluding hydrogens is 284 g/mol. The Morgan fingerprint density at radius 1 is 1.19 bits per heavy atom. The van der Waals surface area contributed by atoms with E-state index in [4.69, 9.17) is 21.3 Å². The van der Waals surface area contributed by atoms with Crippen molar-refractivity contribution in [3.8, 4) is 11.4 Å². The minimum atomic E-state index is 0.554. The molecule has 0 saturated carbocycles. The highest BCUT2D eigenvalue weighted by Gasteiger charge is 2.13. The summed E-state index contributed by atoms with van der Waals surface area (Å²) in [6.45, 7) is 2.08. The number of para-hydroxylation sites is 2. The third-order valence-electron chi connectivity index (χ3n) is 3.59. The fourth-order valence-corrected chi connectivity index (χ4v) is 2.77. The first kappa shape index (κ1) is 14.0. The molecule has 0 fully saturated rings. The normalized spacial score (nSPS) is 11.0. The summed E-state index contributed by atoms with van der Waals surface area (Å²) in [5.41, 5.74) is 4.36. The number of methoxy groups -OCH3 is 1. The molecule has 4 heteroatoms. The van der Waals surface area contributed by atoms with Gasteiger partial charge in [-0.1, -0.05) is 12.1 Å². The molecule has 0 aliphatic rings. The predicted molar refractivity (Wildman–Crippen MR) is 86.8 cm³/mol. The summed E-state index contributed by atoms with van der Waals surface area (Å²) in [5, 5.41) is 0. The number of hydrogen-bond donors (Lipinski definition) is 0. The van der Waals surface area contributed by atoms with Crippen LogP contribution in [0.25, 0.3) is 16.7 Å². The summed E-state index contributed by atoms with van der Waals surface area (Å²) in [7, 11) is 1.68. The fourth-order valence-electron chi connectivity index (χ4n) is 2.60. The first-order valence-electron chi connectivity index (χ1n) is 6.92. The van der Waals surface area contributed by atoms with Crippen molar-refractivity contribution in [2.75, 3.05) is 13.0 Å². The molecule has 0 aliphatic heterocycles. The zero-order valence-corrected chi connectivity index (χ0v) is 12.9. The number of rotatable bonds is 4. The lowest BCUT2D eigenvalue weighted by Gasteiger charge is -2.13. The Morgan fingerprint density at radius 2 is 2.00 bits per heavy atom. The van der Waals surface area contributed by atoms with E-state index < -0.39 is 0 Å². The predicted octanol–water partition coefficient (Wildman–Crippen LogP) is 4.12. The van der Waals surface area contributed by atoms with Crippen molar-refractivity contribution < 1.29 is 4.74 Å². The van der Waals surface area contributed by atoms with Crippen LogP contribution in [0.4, 0.5) is 0 Å². The van der Waals surface area contributed by atoms with E-state index >= 15 is 0 Å². The van der Waals surface area contributed by atoms with E-state index in [2.05, 4.69) is 23.6 Å². The monoisotopic (exact) mass is 300 g/mol. The first-order valence-corrected chi connectivity index (χ1v) is 7.45. The van der Waals surface area contributed by atoms with E-state index in [0.717, 1.165) is 40.3 Å². The molecule has 0 spiro atoms. The summed E-state index contributed by atoms with van der Waals surface area (Å²) in [4.78, 5) is 4.71. The quantitative estimate of drug-likeness (QED) is 0.678. The Balaban J connectivity index is 2.25. The second-order valence-corrected chi connectivity index (χ2v) is 5.32. The van der Waals surface area contributed by atoms with E-state index in [9.17, 15) is 0 Å². The number of imidazole rings is 1. The molecule has 0 saturated heterocycles. The molecule has 0 radical (unpaired) electrons. The van der Waals surface area contributed by atoms with Crippen LogP contribution in [0.1, 0.15) is 11.4 Å². The van der Waals surface area contributed by atoms with Gasteiger partial charge in [-0.15, -0.1) is 11.6 Å². The molecule has 3 nitrogen and oxygen atoms in total. The molecule has 3 rings (SSSR count). The molecule has 0 bridgehead atoms. The zero-order valence-electron chi connectivity index (χ0n) is 12.1. The van der Waals surface area contributed by atoms with Crippen LogP contribution in [-0.2, 0) is 6.42 Å². The summed E-state index contributed by atoms with van der Waals surface area (Å²) in [6, 6.07) is 14.2. The number of ether oxygens (including phenoxy) is 1. The summed E-state index contributed by atoms with van der Waals surface area (Å²) < 4.78 is 7.47. The van der Waals surface area contributed by atoms with Gasteiger partial charge in [-0.25, -0.2) is 4.98 Å². The highest BCUT2D eigenvalue weighted by atomic mass is 35.5. The van der Waals surface area contributed by atoms with Gasteiger partial charge < -0.3 is 4.74 Å². The molecule has 0 amide bonds. The Bertz CT molecular complexity index is 780. The summed E-state index contributed by atoms with van der Waals surface area (Å²) >= 11 is 5.94. The molecule has 0 aliphatic carbocycles. The van der Waals surface area contributed by atoms with E-state index in [1.54, 1.807) is 7.11 Å². The maximum atomic E-state index is 5.94. The van der Waals surface area contributed by atoms with Gasteiger partial charge in [0.1, 0.15) is 11.6 Å². The Hall–Kier alpha value is -2.00. The van der Waals surface area contributed by atoms with Crippen LogP contribution in [0.3, 0.4) is 0 Å². The smallest absolute Gasteiger partial charge is 0.119 e. The first-order chi connectivity index (χ1) is 10.2. The molecule has 0 atom stereocenters. The largest absolute Gasteiger partial charge is 0.497 e. The lowest BCUT2D eigenvalue weighted by Crippen LogP contribution is -2.04. The van der Waals surface area contributed by atoms with Gasteiger partial charge in [0, 0.05) is 12.3 Å². The Labute approximate surface area is 129 Å². The molecule has 1 heterocycles. The van der Waals surface area contributed by atoms with Crippen LogP contribution >= 0.6 is 11.6 Å². The van der Waals surface area contributed by atoms with E-state index in [0.29, 0.717) is 5.88 Å². The standard InChI is InChI=1S/C17H17ClN2O/c1-12-11-13(21-2)7-8-15(12)20-16-6-4-3-5-14(16)19-17(20)9-10-18/h3-8,11H,9-10H2,1-2H3. The number of aromatic nitrogens is 2. The van der Waals surface area contributed by atoms with Crippen molar-refractivity contribution in [3.63, 3.8) is 0 Å². The molecular formula is C17H17ClN2O. The minimum absolute atomic E-state index is 0.554. The van der Waals surface area contributed by atoms with Crippen LogP contribution in [0.5, 0.6) is 5.75 Å². The maximum absolute atomic E-state index is 5.94. The fraction of sp³-hybridized carbons (Fsp3) is 0.235. The van der Waals surface area contributed by atoms with Crippen molar-refractivity contribution >= 4 is 22.6 Å². The van der Waals surface area contributed by atoms with Crippen LogP contribution in [0, 0.1) is 6.92 Å². The van der Waals surface area contributed by atoms with Gasteiger partial charge in [0.2, 0.25) is 0 Å². The number of aryl methyl sites for hydroxylation is 2. The van der Waals surface area contributed by atoms with E-state index in [-0.39, 0.29) is 0 Å². The van der Waals surface area contributed by atoms with Gasteiger partial charge in [0.25, 0.3) is 0 Å². The van der Waals surface area contributed by atoms with Crippen LogP contribution in [0.15, 0.2) is 42.5 Å². The SMILES string of the molecule is COc1ccc(-n2c(CCCl)nc3ccccc32)c(C)c1. The number of halogens is 1. The number of fused-ring (bicyclic) bond motifs is 1. The Morgan fingerprint density at radius 3 is 2.71 bits per heavy atom. The van der Waals surface area contributed by atoms with Crippen LogP contribution < -0.4 is 4.74 Å². The summed E-state index contributed by atoms with van der Waals surface area (Å²) in [6.07, 6.45) is 0.738. The molecule has 21 heavy (non-hydrogen) atoms. The van der Waals surface area contributed by atoms with Crippen LogP contribution in [-0.4, -0.2) is 22.5 Å². The lowest BCUT2D eigenvalue weighted by atomic mass is 10.1. The van der Waals surface area contributed by atoms with Gasteiger partial charge in [0.05, 0.1) is 23.8 Å². The van der Waals surface area contributed by atoms with Crippen LogP contribution in [0.2, 0.25) is 0 Å². The molecule has 0 N–H and O–H groups in total. The maximum Gasteiger partial charge on any atom is 0.119 e. The molecule has 108 valence electrons. The highest BCUT2D eigenvalue weighted by Crippen LogP contribution is 2.26. The number of alkyl halides is 1. The van der Waals surface area contributed by atoms with Gasteiger partial charge in [0.15, 0.2) is 0 Å². The third kappa shape index (κ3) is 2.49. The van der Waals surface area contributed by atoms with Crippen molar-refractivity contribution in [1.82, 2.24) is 9.55 Å². The third-order valence-corrected chi connectivity index (χ3v) is 3.78. The highest BCUT2D eigenvalue weighted by molar-refractivity contribution is 6.17.